The second-order valence-electron chi connectivity index (χ2n) is 4.35. The van der Waals surface area contributed by atoms with E-state index in [2.05, 4.69) is 28.9 Å². The molecular formula is C12H21N3O. The second kappa shape index (κ2) is 5.46. The van der Waals surface area contributed by atoms with Gasteiger partial charge in [0.1, 0.15) is 0 Å². The van der Waals surface area contributed by atoms with E-state index in [0.29, 0.717) is 6.10 Å². The van der Waals surface area contributed by atoms with Crippen LogP contribution >= 0.6 is 0 Å². The minimum absolute atomic E-state index is 0.366. The summed E-state index contributed by atoms with van der Waals surface area (Å²) in [7, 11) is 0. The van der Waals surface area contributed by atoms with Crippen molar-refractivity contribution in [3.63, 3.8) is 0 Å². The first-order valence-electron chi connectivity index (χ1n) is 6.15. The lowest BCUT2D eigenvalue weighted by atomic mass is 10.2. The highest BCUT2D eigenvalue weighted by Crippen LogP contribution is 2.15. The van der Waals surface area contributed by atoms with Crippen LogP contribution < -0.4 is 5.32 Å². The maximum atomic E-state index is 5.63. The molecule has 1 aromatic rings. The monoisotopic (exact) mass is 223 g/mol. The smallest absolute Gasteiger partial charge is 0.0771 e. The van der Waals surface area contributed by atoms with Crippen LogP contribution in [0.1, 0.15) is 31.0 Å². The van der Waals surface area contributed by atoms with E-state index >= 15 is 0 Å². The van der Waals surface area contributed by atoms with Crippen LogP contribution in [0.4, 0.5) is 0 Å². The van der Waals surface area contributed by atoms with Gasteiger partial charge in [0, 0.05) is 24.4 Å². The van der Waals surface area contributed by atoms with Gasteiger partial charge in [0.15, 0.2) is 0 Å². The zero-order valence-corrected chi connectivity index (χ0v) is 10.2. The fraction of sp³-hybridized carbons (Fsp3) is 0.750. The lowest BCUT2D eigenvalue weighted by Gasteiger charge is -2.11. The van der Waals surface area contributed by atoms with Crippen molar-refractivity contribution in [2.75, 3.05) is 13.2 Å². The van der Waals surface area contributed by atoms with E-state index in [9.17, 15) is 0 Å². The van der Waals surface area contributed by atoms with Crippen molar-refractivity contribution in [3.8, 4) is 0 Å². The molecule has 0 spiro atoms. The van der Waals surface area contributed by atoms with Crippen molar-refractivity contribution in [3.05, 3.63) is 17.5 Å². The number of ether oxygens (including phenoxy) is 1. The Morgan fingerprint density at radius 3 is 3.19 bits per heavy atom. The number of rotatable bonds is 5. The van der Waals surface area contributed by atoms with Crippen LogP contribution in [0, 0.1) is 6.92 Å². The first kappa shape index (κ1) is 11.6. The second-order valence-corrected chi connectivity index (χ2v) is 4.35. The van der Waals surface area contributed by atoms with E-state index in [0.717, 1.165) is 26.2 Å². The summed E-state index contributed by atoms with van der Waals surface area (Å²) >= 11 is 0. The molecule has 1 aliphatic rings. The third-order valence-electron chi connectivity index (χ3n) is 3.17. The molecule has 2 rings (SSSR count). The van der Waals surface area contributed by atoms with E-state index in [1.54, 1.807) is 0 Å². The summed E-state index contributed by atoms with van der Waals surface area (Å²) in [4.78, 5) is 0. The molecule has 0 aliphatic carbocycles. The SMILES string of the molecule is CCNCc1cnn(CC2CCCO2)c1C. The van der Waals surface area contributed by atoms with Gasteiger partial charge in [-0.25, -0.2) is 0 Å². The number of nitrogens with one attached hydrogen (secondary N) is 1. The van der Waals surface area contributed by atoms with Crippen molar-refractivity contribution in [1.29, 1.82) is 0 Å². The lowest BCUT2D eigenvalue weighted by Crippen LogP contribution is -2.17. The van der Waals surface area contributed by atoms with Crippen molar-refractivity contribution >= 4 is 0 Å². The molecule has 1 N–H and O–H groups in total. The zero-order valence-electron chi connectivity index (χ0n) is 10.2. The molecule has 0 saturated carbocycles. The van der Waals surface area contributed by atoms with Crippen molar-refractivity contribution in [2.45, 2.75) is 45.9 Å². The molecule has 0 aromatic carbocycles. The highest BCUT2D eigenvalue weighted by Gasteiger charge is 2.17. The molecule has 0 radical (unpaired) electrons. The molecule has 0 amide bonds. The summed E-state index contributed by atoms with van der Waals surface area (Å²) in [6.07, 6.45) is 4.69. The summed E-state index contributed by atoms with van der Waals surface area (Å²) in [6, 6.07) is 0. The van der Waals surface area contributed by atoms with Crippen LogP contribution in [0.25, 0.3) is 0 Å². The molecule has 1 fully saturated rings. The average molecular weight is 223 g/mol. The Kier molecular flexibility index (Phi) is 3.96. The predicted molar refractivity (Wildman–Crippen MR) is 63.3 cm³/mol. The molecule has 4 heteroatoms. The van der Waals surface area contributed by atoms with Gasteiger partial charge >= 0.3 is 0 Å². The molecule has 90 valence electrons. The Hall–Kier alpha value is -0.870. The first-order valence-corrected chi connectivity index (χ1v) is 6.15. The predicted octanol–water partition coefficient (Wildman–Crippen LogP) is 1.48. The van der Waals surface area contributed by atoms with E-state index < -0.39 is 0 Å². The summed E-state index contributed by atoms with van der Waals surface area (Å²) in [6.45, 7) is 7.97. The topological polar surface area (TPSA) is 39.1 Å². The fourth-order valence-electron chi connectivity index (χ4n) is 2.08. The van der Waals surface area contributed by atoms with Gasteiger partial charge in [-0.3, -0.25) is 4.68 Å². The Balaban J connectivity index is 1.95. The van der Waals surface area contributed by atoms with Crippen LogP contribution in [0.3, 0.4) is 0 Å². The maximum Gasteiger partial charge on any atom is 0.0771 e. The van der Waals surface area contributed by atoms with Crippen molar-refractivity contribution < 1.29 is 4.74 Å². The molecule has 16 heavy (non-hydrogen) atoms. The van der Waals surface area contributed by atoms with Crippen molar-refractivity contribution in [1.82, 2.24) is 15.1 Å². The Morgan fingerprint density at radius 1 is 1.62 bits per heavy atom. The van der Waals surface area contributed by atoms with E-state index in [1.807, 2.05) is 6.20 Å². The number of aromatic nitrogens is 2. The number of hydrogen-bond donors (Lipinski definition) is 1. The number of hydrogen-bond acceptors (Lipinski definition) is 3. The number of nitrogens with zero attached hydrogens (tertiary/aromatic N) is 2. The third kappa shape index (κ3) is 2.62. The van der Waals surface area contributed by atoms with E-state index in [4.69, 9.17) is 4.74 Å². The van der Waals surface area contributed by atoms with Gasteiger partial charge in [-0.05, 0) is 26.3 Å². The van der Waals surface area contributed by atoms with Crippen LogP contribution in [0.15, 0.2) is 6.20 Å². The standard InChI is InChI=1S/C12H21N3O/c1-3-13-7-11-8-14-15(10(11)2)9-12-5-4-6-16-12/h8,12-13H,3-7,9H2,1-2H3. The molecule has 0 bridgehead atoms. The minimum atomic E-state index is 0.366. The quantitative estimate of drug-likeness (QED) is 0.822. The summed E-state index contributed by atoms with van der Waals surface area (Å²) in [5.41, 5.74) is 2.55. The normalized spacial score (nSPS) is 20.5. The maximum absolute atomic E-state index is 5.63. The van der Waals surface area contributed by atoms with Crippen LogP contribution in [-0.2, 0) is 17.8 Å². The zero-order chi connectivity index (χ0) is 11.4. The van der Waals surface area contributed by atoms with Gasteiger partial charge in [-0.15, -0.1) is 0 Å². The molecule has 4 nitrogen and oxygen atoms in total. The first-order chi connectivity index (χ1) is 7.81. The van der Waals surface area contributed by atoms with Gasteiger partial charge in [0.05, 0.1) is 18.8 Å². The molecule has 1 aromatic heterocycles. The van der Waals surface area contributed by atoms with Gasteiger partial charge in [-0.1, -0.05) is 6.92 Å². The van der Waals surface area contributed by atoms with Crippen LogP contribution in [0.5, 0.6) is 0 Å². The third-order valence-corrected chi connectivity index (χ3v) is 3.17. The molecule has 2 heterocycles. The fourth-order valence-corrected chi connectivity index (χ4v) is 2.08. The molecular weight excluding hydrogens is 202 g/mol. The lowest BCUT2D eigenvalue weighted by molar-refractivity contribution is 0.0934. The van der Waals surface area contributed by atoms with Gasteiger partial charge < -0.3 is 10.1 Å². The summed E-state index contributed by atoms with van der Waals surface area (Å²) in [5.74, 6) is 0. The van der Waals surface area contributed by atoms with Gasteiger partial charge in [0.25, 0.3) is 0 Å². The van der Waals surface area contributed by atoms with Gasteiger partial charge in [0.2, 0.25) is 0 Å². The van der Waals surface area contributed by atoms with Crippen molar-refractivity contribution in [2.24, 2.45) is 0 Å². The minimum Gasteiger partial charge on any atom is -0.376 e. The molecule has 1 aliphatic heterocycles. The average Bonchev–Trinajstić information content (AvgIpc) is 2.89. The van der Waals surface area contributed by atoms with Gasteiger partial charge in [-0.2, -0.15) is 5.10 Å². The van der Waals surface area contributed by atoms with Crippen LogP contribution in [0.2, 0.25) is 0 Å². The largest absolute Gasteiger partial charge is 0.376 e. The molecule has 1 atom stereocenters. The highest BCUT2D eigenvalue weighted by atomic mass is 16.5. The Bertz CT molecular complexity index is 329. The Morgan fingerprint density at radius 2 is 2.50 bits per heavy atom. The molecule has 1 saturated heterocycles. The Labute approximate surface area is 97.0 Å². The summed E-state index contributed by atoms with van der Waals surface area (Å²) in [5, 5.41) is 7.76. The van der Waals surface area contributed by atoms with E-state index in [1.165, 1.54) is 24.1 Å². The summed E-state index contributed by atoms with van der Waals surface area (Å²) < 4.78 is 7.70. The highest BCUT2D eigenvalue weighted by molar-refractivity contribution is 5.15. The van der Waals surface area contributed by atoms with E-state index in [-0.39, 0.29) is 0 Å². The van der Waals surface area contributed by atoms with Crippen LogP contribution in [-0.4, -0.2) is 29.0 Å². The molecule has 1 unspecified atom stereocenters.